The monoisotopic (exact) mass is 410 g/mol. The first-order valence-electron chi connectivity index (χ1n) is 9.66. The molecule has 0 saturated carbocycles. The highest BCUT2D eigenvalue weighted by Gasteiger charge is 2.14. The highest BCUT2D eigenvalue weighted by atomic mass is 16.5. The predicted octanol–water partition coefficient (Wildman–Crippen LogP) is 3.08. The fourth-order valence-electron chi connectivity index (χ4n) is 2.78. The summed E-state index contributed by atoms with van der Waals surface area (Å²) in [7, 11) is 3.50. The summed E-state index contributed by atoms with van der Waals surface area (Å²) < 4.78 is 16.2. The molecule has 3 rings (SSSR count). The van der Waals surface area contributed by atoms with Crippen molar-refractivity contribution in [2.45, 2.75) is 19.9 Å². The van der Waals surface area contributed by atoms with Crippen LogP contribution >= 0.6 is 0 Å². The summed E-state index contributed by atoms with van der Waals surface area (Å²) in [5.41, 5.74) is 1.80. The summed E-state index contributed by atoms with van der Waals surface area (Å²) in [5.74, 6) is 1.98. The van der Waals surface area contributed by atoms with E-state index in [-0.39, 0.29) is 12.3 Å². The first-order valence-corrected chi connectivity index (χ1v) is 9.66. The number of benzene rings is 2. The Morgan fingerprint density at radius 2 is 1.93 bits per heavy atom. The summed E-state index contributed by atoms with van der Waals surface area (Å²) in [6.45, 7) is 3.75. The molecule has 1 N–H and O–H groups in total. The maximum Gasteiger partial charge on any atom is 0.240 e. The molecule has 0 aliphatic carbocycles. The molecule has 0 radical (unpaired) electrons. The van der Waals surface area contributed by atoms with Gasteiger partial charge in [-0.05, 0) is 38.2 Å². The Hall–Kier alpha value is -3.39. The van der Waals surface area contributed by atoms with Crippen LogP contribution in [0.5, 0.6) is 11.5 Å². The molecular formula is C22H26N4O4. The van der Waals surface area contributed by atoms with Gasteiger partial charge in [-0.3, -0.25) is 9.69 Å². The summed E-state index contributed by atoms with van der Waals surface area (Å²) >= 11 is 0. The largest absolute Gasteiger partial charge is 0.495 e. The van der Waals surface area contributed by atoms with E-state index in [4.69, 9.17) is 14.0 Å². The minimum Gasteiger partial charge on any atom is -0.495 e. The minimum atomic E-state index is -0.244. The van der Waals surface area contributed by atoms with Crippen molar-refractivity contribution in [1.82, 2.24) is 15.0 Å². The average Bonchev–Trinajstić information content (AvgIpc) is 3.16. The van der Waals surface area contributed by atoms with Gasteiger partial charge in [0.05, 0.1) is 25.8 Å². The van der Waals surface area contributed by atoms with E-state index in [9.17, 15) is 4.79 Å². The SMILES string of the molecule is COc1ccccc1NC(=O)Cc1noc(CN(C)CCOc2ccc(C)cc2)n1. The second-order valence-electron chi connectivity index (χ2n) is 6.93. The molecule has 1 heterocycles. The van der Waals surface area contributed by atoms with Crippen LogP contribution in [-0.2, 0) is 17.8 Å². The number of rotatable bonds is 10. The third kappa shape index (κ3) is 6.31. The van der Waals surface area contributed by atoms with E-state index >= 15 is 0 Å². The molecule has 3 aromatic rings. The lowest BCUT2D eigenvalue weighted by molar-refractivity contribution is -0.115. The van der Waals surface area contributed by atoms with Gasteiger partial charge in [0.2, 0.25) is 11.8 Å². The van der Waals surface area contributed by atoms with Gasteiger partial charge in [0.1, 0.15) is 18.1 Å². The van der Waals surface area contributed by atoms with Crippen LogP contribution in [0.2, 0.25) is 0 Å². The second-order valence-corrected chi connectivity index (χ2v) is 6.93. The number of nitrogens with zero attached hydrogens (tertiary/aromatic N) is 3. The number of carbonyl (C=O) groups is 1. The molecule has 2 aromatic carbocycles. The third-order valence-corrected chi connectivity index (χ3v) is 4.38. The molecule has 0 atom stereocenters. The number of anilines is 1. The lowest BCUT2D eigenvalue weighted by Crippen LogP contribution is -2.24. The number of hydrogen-bond acceptors (Lipinski definition) is 7. The number of hydrogen-bond donors (Lipinski definition) is 1. The molecule has 0 fully saturated rings. The van der Waals surface area contributed by atoms with Crippen LogP contribution in [0.4, 0.5) is 5.69 Å². The zero-order chi connectivity index (χ0) is 21.3. The fourth-order valence-corrected chi connectivity index (χ4v) is 2.78. The molecule has 0 bridgehead atoms. The molecule has 0 aliphatic heterocycles. The molecular weight excluding hydrogens is 384 g/mol. The molecule has 0 unspecified atom stereocenters. The van der Waals surface area contributed by atoms with Crippen molar-refractivity contribution in [3.63, 3.8) is 0 Å². The van der Waals surface area contributed by atoms with Gasteiger partial charge in [-0.2, -0.15) is 4.98 Å². The van der Waals surface area contributed by atoms with Crippen LogP contribution in [0.25, 0.3) is 0 Å². The number of likely N-dealkylation sites (N-methyl/N-ethyl adjacent to an activating group) is 1. The fraction of sp³-hybridized carbons (Fsp3) is 0.318. The topological polar surface area (TPSA) is 89.7 Å². The van der Waals surface area contributed by atoms with E-state index in [1.807, 2.05) is 55.3 Å². The normalized spacial score (nSPS) is 10.8. The van der Waals surface area contributed by atoms with E-state index in [2.05, 4.69) is 15.5 Å². The lowest BCUT2D eigenvalue weighted by atomic mass is 10.2. The van der Waals surface area contributed by atoms with Gasteiger partial charge in [0.25, 0.3) is 0 Å². The number of nitrogens with one attached hydrogen (secondary N) is 1. The van der Waals surface area contributed by atoms with Crippen molar-refractivity contribution in [2.75, 3.05) is 32.6 Å². The minimum absolute atomic E-state index is 0.0157. The summed E-state index contributed by atoms with van der Waals surface area (Å²) in [6.07, 6.45) is 0.0157. The first-order chi connectivity index (χ1) is 14.5. The Kier molecular flexibility index (Phi) is 7.40. The Morgan fingerprint density at radius 3 is 2.70 bits per heavy atom. The maximum absolute atomic E-state index is 12.3. The van der Waals surface area contributed by atoms with Crippen molar-refractivity contribution in [3.05, 3.63) is 65.8 Å². The number of aromatic nitrogens is 2. The predicted molar refractivity (Wildman–Crippen MR) is 113 cm³/mol. The summed E-state index contributed by atoms with van der Waals surface area (Å²) in [6, 6.07) is 15.1. The molecule has 1 aromatic heterocycles. The molecule has 0 spiro atoms. The molecule has 158 valence electrons. The quantitative estimate of drug-likeness (QED) is 0.549. The van der Waals surface area contributed by atoms with E-state index < -0.39 is 0 Å². The van der Waals surface area contributed by atoms with Crippen molar-refractivity contribution in [2.24, 2.45) is 0 Å². The second kappa shape index (κ2) is 10.4. The number of ether oxygens (including phenoxy) is 2. The van der Waals surface area contributed by atoms with Crippen LogP contribution in [0, 0.1) is 6.92 Å². The van der Waals surface area contributed by atoms with Crippen LogP contribution in [0.3, 0.4) is 0 Å². The maximum atomic E-state index is 12.3. The van der Waals surface area contributed by atoms with Crippen LogP contribution < -0.4 is 14.8 Å². The van der Waals surface area contributed by atoms with Gasteiger partial charge in [-0.15, -0.1) is 0 Å². The van der Waals surface area contributed by atoms with Crippen molar-refractivity contribution in [1.29, 1.82) is 0 Å². The summed E-state index contributed by atoms with van der Waals surface area (Å²) in [4.78, 5) is 18.6. The van der Waals surface area contributed by atoms with Gasteiger partial charge in [0.15, 0.2) is 5.82 Å². The van der Waals surface area contributed by atoms with Gasteiger partial charge in [0, 0.05) is 6.54 Å². The van der Waals surface area contributed by atoms with Crippen molar-refractivity contribution in [3.8, 4) is 11.5 Å². The zero-order valence-electron chi connectivity index (χ0n) is 17.4. The number of carbonyl (C=O) groups excluding carboxylic acids is 1. The molecule has 0 saturated heterocycles. The highest BCUT2D eigenvalue weighted by molar-refractivity contribution is 5.93. The molecule has 8 nitrogen and oxygen atoms in total. The number of methoxy groups -OCH3 is 1. The van der Waals surface area contributed by atoms with E-state index in [1.54, 1.807) is 19.2 Å². The Bertz CT molecular complexity index is 956. The van der Waals surface area contributed by atoms with Crippen LogP contribution in [0.15, 0.2) is 53.1 Å². The molecule has 30 heavy (non-hydrogen) atoms. The Labute approximate surface area is 175 Å². The van der Waals surface area contributed by atoms with Gasteiger partial charge in [-0.25, -0.2) is 0 Å². The number of amides is 1. The van der Waals surface area contributed by atoms with E-state index in [0.29, 0.717) is 42.8 Å². The van der Waals surface area contributed by atoms with Gasteiger partial charge >= 0.3 is 0 Å². The summed E-state index contributed by atoms with van der Waals surface area (Å²) in [5, 5.41) is 6.69. The van der Waals surface area contributed by atoms with Crippen LogP contribution in [0.1, 0.15) is 17.3 Å². The van der Waals surface area contributed by atoms with E-state index in [0.717, 1.165) is 5.75 Å². The molecule has 1 amide bonds. The lowest BCUT2D eigenvalue weighted by Gasteiger charge is -2.14. The van der Waals surface area contributed by atoms with Crippen molar-refractivity contribution >= 4 is 11.6 Å². The zero-order valence-corrected chi connectivity index (χ0v) is 17.4. The highest BCUT2D eigenvalue weighted by Crippen LogP contribution is 2.23. The molecule has 0 aliphatic rings. The standard InChI is InChI=1S/C22H26N4O4/c1-16-8-10-17(11-9-16)29-13-12-26(2)15-22-24-20(25-30-22)14-21(27)23-18-6-4-5-7-19(18)28-3/h4-11H,12-15H2,1-3H3,(H,23,27). The molecule has 8 heteroatoms. The number of para-hydroxylation sites is 2. The third-order valence-electron chi connectivity index (χ3n) is 4.38. The Balaban J connectivity index is 1.43. The van der Waals surface area contributed by atoms with Crippen LogP contribution in [-0.4, -0.2) is 48.3 Å². The smallest absolute Gasteiger partial charge is 0.240 e. The van der Waals surface area contributed by atoms with Gasteiger partial charge in [-0.1, -0.05) is 35.0 Å². The Morgan fingerprint density at radius 1 is 1.17 bits per heavy atom. The van der Waals surface area contributed by atoms with Gasteiger partial charge < -0.3 is 19.3 Å². The van der Waals surface area contributed by atoms with E-state index in [1.165, 1.54) is 5.56 Å². The first kappa shape index (κ1) is 21.3. The average molecular weight is 410 g/mol. The van der Waals surface area contributed by atoms with Crippen molar-refractivity contribution < 1.29 is 18.8 Å². The number of aryl methyl sites for hydroxylation is 1.